The van der Waals surface area contributed by atoms with Gasteiger partial charge in [-0.15, -0.1) is 0 Å². The lowest BCUT2D eigenvalue weighted by molar-refractivity contribution is 0.0938. The van der Waals surface area contributed by atoms with Crippen molar-refractivity contribution in [2.75, 3.05) is 13.2 Å². The Morgan fingerprint density at radius 1 is 0.960 bits per heavy atom. The lowest BCUT2D eigenvalue weighted by atomic mass is 9.82. The number of aromatic hydroxyl groups is 1. The van der Waals surface area contributed by atoms with Gasteiger partial charge in [0.2, 0.25) is 0 Å². The Hall–Kier alpha value is -2.49. The molecule has 132 valence electrons. The Kier molecular flexibility index (Phi) is 5.94. The minimum absolute atomic E-state index is 0.0745. The quantitative estimate of drug-likeness (QED) is 0.836. The summed E-state index contributed by atoms with van der Waals surface area (Å²) in [4.78, 5) is 12.1. The summed E-state index contributed by atoms with van der Waals surface area (Å²) in [6.45, 7) is 1.49. The highest BCUT2D eigenvalue weighted by Crippen LogP contribution is 2.29. The van der Waals surface area contributed by atoms with Gasteiger partial charge in [-0.05, 0) is 73.9 Å². The SMILES string of the molecule is O=C(NC[C@H]1CC[C@H](COc2ccccc2)CC1)c1ccc(O)cc1. The summed E-state index contributed by atoms with van der Waals surface area (Å²) >= 11 is 0. The molecule has 1 amide bonds. The molecule has 25 heavy (non-hydrogen) atoms. The second-order valence-electron chi connectivity index (χ2n) is 6.77. The molecule has 0 heterocycles. The van der Waals surface area contributed by atoms with E-state index in [4.69, 9.17) is 4.74 Å². The maximum Gasteiger partial charge on any atom is 0.251 e. The van der Waals surface area contributed by atoms with Crippen LogP contribution in [-0.4, -0.2) is 24.2 Å². The normalized spacial score (nSPS) is 20.0. The van der Waals surface area contributed by atoms with E-state index >= 15 is 0 Å². The van der Waals surface area contributed by atoms with E-state index < -0.39 is 0 Å². The lowest BCUT2D eigenvalue weighted by Gasteiger charge is -2.28. The van der Waals surface area contributed by atoms with Crippen molar-refractivity contribution >= 4 is 5.91 Å². The van der Waals surface area contributed by atoms with Gasteiger partial charge in [0, 0.05) is 12.1 Å². The molecule has 0 bridgehead atoms. The van der Waals surface area contributed by atoms with Gasteiger partial charge >= 0.3 is 0 Å². The first-order chi connectivity index (χ1) is 12.2. The number of phenolic OH excluding ortho intramolecular Hbond substituents is 1. The Balaban J connectivity index is 1.36. The van der Waals surface area contributed by atoms with Gasteiger partial charge in [-0.25, -0.2) is 0 Å². The van der Waals surface area contributed by atoms with Crippen LogP contribution in [-0.2, 0) is 0 Å². The second-order valence-corrected chi connectivity index (χ2v) is 6.77. The zero-order valence-corrected chi connectivity index (χ0v) is 14.4. The van der Waals surface area contributed by atoms with E-state index in [1.165, 1.54) is 12.1 Å². The number of amides is 1. The van der Waals surface area contributed by atoms with E-state index in [1.807, 2.05) is 30.3 Å². The number of ether oxygens (including phenoxy) is 1. The topological polar surface area (TPSA) is 58.6 Å². The molecule has 2 aromatic carbocycles. The summed E-state index contributed by atoms with van der Waals surface area (Å²) in [6.07, 6.45) is 4.54. The van der Waals surface area contributed by atoms with Crippen molar-refractivity contribution in [1.82, 2.24) is 5.32 Å². The largest absolute Gasteiger partial charge is 0.508 e. The molecular formula is C21H25NO3. The molecule has 0 atom stereocenters. The third-order valence-corrected chi connectivity index (χ3v) is 4.88. The number of nitrogens with one attached hydrogen (secondary N) is 1. The highest BCUT2D eigenvalue weighted by atomic mass is 16.5. The lowest BCUT2D eigenvalue weighted by Crippen LogP contribution is -2.32. The standard InChI is InChI=1S/C21H25NO3/c23-19-12-10-18(11-13-19)21(24)22-14-16-6-8-17(9-7-16)15-25-20-4-2-1-3-5-20/h1-5,10-13,16-17,23H,6-9,14-15H2,(H,22,24)/t16-,17-. The number of hydrogen-bond acceptors (Lipinski definition) is 3. The Labute approximate surface area is 148 Å². The average Bonchev–Trinajstić information content (AvgIpc) is 2.67. The zero-order chi connectivity index (χ0) is 17.5. The van der Waals surface area contributed by atoms with E-state index in [0.717, 1.165) is 38.0 Å². The fourth-order valence-electron chi connectivity index (χ4n) is 3.28. The number of para-hydroxylation sites is 1. The van der Waals surface area contributed by atoms with Gasteiger partial charge in [0.15, 0.2) is 0 Å². The first-order valence-corrected chi connectivity index (χ1v) is 8.96. The first kappa shape index (κ1) is 17.3. The van der Waals surface area contributed by atoms with E-state index in [2.05, 4.69) is 5.32 Å². The zero-order valence-electron chi connectivity index (χ0n) is 14.4. The molecule has 2 aromatic rings. The monoisotopic (exact) mass is 339 g/mol. The molecule has 3 rings (SSSR count). The van der Waals surface area contributed by atoms with Crippen molar-refractivity contribution < 1.29 is 14.6 Å². The predicted molar refractivity (Wildman–Crippen MR) is 97.8 cm³/mol. The minimum atomic E-state index is -0.0745. The van der Waals surface area contributed by atoms with Gasteiger partial charge in [-0.3, -0.25) is 4.79 Å². The molecule has 1 aliphatic carbocycles. The van der Waals surface area contributed by atoms with Gasteiger partial charge in [-0.2, -0.15) is 0 Å². The third-order valence-electron chi connectivity index (χ3n) is 4.88. The van der Waals surface area contributed by atoms with Crippen LogP contribution in [0.2, 0.25) is 0 Å². The molecule has 0 spiro atoms. The maximum atomic E-state index is 12.1. The second kappa shape index (κ2) is 8.56. The van der Waals surface area contributed by atoms with E-state index in [9.17, 15) is 9.90 Å². The van der Waals surface area contributed by atoms with Gasteiger partial charge in [0.05, 0.1) is 6.61 Å². The van der Waals surface area contributed by atoms with Gasteiger partial charge in [0.25, 0.3) is 5.91 Å². The van der Waals surface area contributed by atoms with Crippen LogP contribution in [0.15, 0.2) is 54.6 Å². The molecule has 0 aromatic heterocycles. The fourth-order valence-corrected chi connectivity index (χ4v) is 3.28. The summed E-state index contributed by atoms with van der Waals surface area (Å²) in [5.74, 6) is 2.17. The molecule has 4 nitrogen and oxygen atoms in total. The van der Waals surface area contributed by atoms with Crippen LogP contribution in [0.5, 0.6) is 11.5 Å². The Morgan fingerprint density at radius 2 is 1.60 bits per heavy atom. The molecule has 1 aliphatic rings. The van der Waals surface area contributed by atoms with Gasteiger partial charge in [-0.1, -0.05) is 18.2 Å². The van der Waals surface area contributed by atoms with E-state index in [-0.39, 0.29) is 11.7 Å². The van der Waals surface area contributed by atoms with Gasteiger partial charge < -0.3 is 15.2 Å². The molecule has 0 saturated heterocycles. The van der Waals surface area contributed by atoms with Crippen molar-refractivity contribution in [2.45, 2.75) is 25.7 Å². The predicted octanol–water partition coefficient (Wildman–Crippen LogP) is 4.01. The summed E-state index contributed by atoms with van der Waals surface area (Å²) in [5.41, 5.74) is 0.586. The summed E-state index contributed by atoms with van der Waals surface area (Å²) in [7, 11) is 0. The Morgan fingerprint density at radius 3 is 2.28 bits per heavy atom. The van der Waals surface area contributed by atoms with Gasteiger partial charge in [0.1, 0.15) is 11.5 Å². The van der Waals surface area contributed by atoms with Crippen molar-refractivity contribution in [1.29, 1.82) is 0 Å². The van der Waals surface area contributed by atoms with Crippen molar-refractivity contribution in [2.24, 2.45) is 11.8 Å². The molecule has 1 fully saturated rings. The number of hydrogen-bond donors (Lipinski definition) is 2. The van der Waals surface area contributed by atoms with E-state index in [1.54, 1.807) is 12.1 Å². The summed E-state index contributed by atoms with van der Waals surface area (Å²) in [6, 6.07) is 16.3. The first-order valence-electron chi connectivity index (χ1n) is 8.96. The highest BCUT2D eigenvalue weighted by molar-refractivity contribution is 5.94. The van der Waals surface area contributed by atoms with Crippen LogP contribution in [0.4, 0.5) is 0 Å². The number of rotatable bonds is 6. The number of phenols is 1. The average molecular weight is 339 g/mol. The number of benzene rings is 2. The number of carbonyl (C=O) groups excluding carboxylic acids is 1. The maximum absolute atomic E-state index is 12.1. The summed E-state index contributed by atoms with van der Waals surface area (Å²) in [5, 5.41) is 12.3. The van der Waals surface area contributed by atoms with Crippen molar-refractivity contribution in [3.8, 4) is 11.5 Å². The fraction of sp³-hybridized carbons (Fsp3) is 0.381. The third kappa shape index (κ3) is 5.24. The van der Waals surface area contributed by atoms with Crippen LogP contribution in [0, 0.1) is 11.8 Å². The highest BCUT2D eigenvalue weighted by Gasteiger charge is 2.22. The van der Waals surface area contributed by atoms with Crippen LogP contribution < -0.4 is 10.1 Å². The van der Waals surface area contributed by atoms with E-state index in [0.29, 0.717) is 23.9 Å². The molecule has 2 N–H and O–H groups in total. The molecule has 0 radical (unpaired) electrons. The number of carbonyl (C=O) groups is 1. The van der Waals surface area contributed by atoms with Crippen LogP contribution in [0.3, 0.4) is 0 Å². The Bertz CT molecular complexity index is 661. The van der Waals surface area contributed by atoms with Crippen molar-refractivity contribution in [3.05, 3.63) is 60.2 Å². The van der Waals surface area contributed by atoms with Crippen LogP contribution in [0.1, 0.15) is 36.0 Å². The minimum Gasteiger partial charge on any atom is -0.508 e. The summed E-state index contributed by atoms with van der Waals surface area (Å²) < 4.78 is 5.86. The smallest absolute Gasteiger partial charge is 0.251 e. The molecule has 0 aliphatic heterocycles. The molecular weight excluding hydrogens is 314 g/mol. The van der Waals surface area contributed by atoms with Crippen molar-refractivity contribution in [3.63, 3.8) is 0 Å². The van der Waals surface area contributed by atoms with Crippen LogP contribution >= 0.6 is 0 Å². The molecule has 1 saturated carbocycles. The van der Waals surface area contributed by atoms with Crippen LogP contribution in [0.25, 0.3) is 0 Å². The molecule has 0 unspecified atom stereocenters. The molecule has 4 heteroatoms.